The van der Waals surface area contributed by atoms with Crippen LogP contribution >= 0.6 is 23.7 Å². The first-order chi connectivity index (χ1) is 12.2. The highest BCUT2D eigenvalue weighted by Gasteiger charge is 2.26. The summed E-state index contributed by atoms with van der Waals surface area (Å²) in [5, 5.41) is 4.65. The molecule has 0 amide bonds. The van der Waals surface area contributed by atoms with E-state index in [4.69, 9.17) is 4.74 Å². The van der Waals surface area contributed by atoms with E-state index in [9.17, 15) is 0 Å². The molecule has 4 nitrogen and oxygen atoms in total. The van der Waals surface area contributed by atoms with Crippen LogP contribution in [0.5, 0.6) is 5.75 Å². The highest BCUT2D eigenvalue weighted by atomic mass is 35.5. The molecule has 0 saturated carbocycles. The van der Waals surface area contributed by atoms with Gasteiger partial charge in [0.2, 0.25) is 0 Å². The van der Waals surface area contributed by atoms with Gasteiger partial charge in [-0.15, -0.1) is 23.7 Å². The molecule has 1 unspecified atom stereocenters. The fourth-order valence-electron chi connectivity index (χ4n) is 3.60. The third-order valence-electron chi connectivity index (χ3n) is 4.80. The van der Waals surface area contributed by atoms with Gasteiger partial charge in [0.1, 0.15) is 5.75 Å². The van der Waals surface area contributed by atoms with Crippen LogP contribution in [0.3, 0.4) is 0 Å². The Balaban J connectivity index is 0.00000196. The molecule has 1 fully saturated rings. The molecule has 3 aromatic rings. The number of aromatic nitrogens is 1. The Kier molecular flexibility index (Phi) is 6.14. The lowest BCUT2D eigenvalue weighted by Gasteiger charge is -2.37. The maximum atomic E-state index is 5.60. The van der Waals surface area contributed by atoms with Crippen LogP contribution in [0.2, 0.25) is 0 Å². The van der Waals surface area contributed by atoms with Gasteiger partial charge < -0.3 is 10.1 Å². The Labute approximate surface area is 164 Å². The van der Waals surface area contributed by atoms with E-state index < -0.39 is 0 Å². The van der Waals surface area contributed by atoms with E-state index in [0.717, 1.165) is 42.5 Å². The second kappa shape index (κ2) is 8.35. The number of nitrogens with zero attached hydrogens (tertiary/aromatic N) is 2. The van der Waals surface area contributed by atoms with Crippen LogP contribution in [0.25, 0.3) is 10.2 Å². The van der Waals surface area contributed by atoms with E-state index >= 15 is 0 Å². The quantitative estimate of drug-likeness (QED) is 0.726. The zero-order chi connectivity index (χ0) is 17.2. The molecule has 1 atom stereocenters. The fraction of sp³-hybridized carbons (Fsp3) is 0.350. The molecule has 0 bridgehead atoms. The van der Waals surface area contributed by atoms with Gasteiger partial charge in [-0.05, 0) is 30.7 Å². The number of thiazole rings is 1. The number of benzene rings is 2. The normalized spacial score (nSPS) is 17.8. The van der Waals surface area contributed by atoms with Gasteiger partial charge in [0.05, 0.1) is 28.4 Å². The minimum Gasteiger partial charge on any atom is -0.496 e. The summed E-state index contributed by atoms with van der Waals surface area (Å²) in [5.41, 5.74) is 3.71. The third kappa shape index (κ3) is 3.86. The van der Waals surface area contributed by atoms with Gasteiger partial charge >= 0.3 is 0 Å². The monoisotopic (exact) mass is 389 g/mol. The third-order valence-corrected chi connectivity index (χ3v) is 5.73. The molecule has 26 heavy (non-hydrogen) atoms. The molecule has 1 aliphatic rings. The molecule has 6 heteroatoms. The van der Waals surface area contributed by atoms with Crippen LogP contribution in [0.1, 0.15) is 22.2 Å². The van der Waals surface area contributed by atoms with Crippen molar-refractivity contribution in [2.24, 2.45) is 0 Å². The van der Waals surface area contributed by atoms with Crippen LogP contribution in [0.15, 0.2) is 42.5 Å². The lowest BCUT2D eigenvalue weighted by atomic mass is 10.0. The Hall–Kier alpha value is -1.66. The number of rotatable bonds is 4. The molecule has 1 aliphatic heterocycles. The summed E-state index contributed by atoms with van der Waals surface area (Å²) in [6.07, 6.45) is 0. The molecule has 2 heterocycles. The van der Waals surface area contributed by atoms with Crippen molar-refractivity contribution < 1.29 is 4.74 Å². The van der Waals surface area contributed by atoms with E-state index in [1.807, 2.05) is 12.1 Å². The summed E-state index contributed by atoms with van der Waals surface area (Å²) in [4.78, 5) is 7.11. The van der Waals surface area contributed by atoms with Gasteiger partial charge in [-0.2, -0.15) is 0 Å². The smallest absolute Gasteiger partial charge is 0.123 e. The summed E-state index contributed by atoms with van der Waals surface area (Å²) >= 11 is 1.77. The van der Waals surface area contributed by atoms with Crippen molar-refractivity contribution in [3.05, 3.63) is 58.6 Å². The van der Waals surface area contributed by atoms with Crippen LogP contribution in [-0.2, 0) is 6.54 Å². The first-order valence-electron chi connectivity index (χ1n) is 8.68. The molecule has 1 N–H and O–H groups in total. The van der Waals surface area contributed by atoms with E-state index in [-0.39, 0.29) is 12.4 Å². The second-order valence-electron chi connectivity index (χ2n) is 6.47. The van der Waals surface area contributed by atoms with Crippen LogP contribution in [0.4, 0.5) is 0 Å². The van der Waals surface area contributed by atoms with Crippen LogP contribution in [-0.4, -0.2) is 36.6 Å². The predicted molar refractivity (Wildman–Crippen MR) is 111 cm³/mol. The van der Waals surface area contributed by atoms with E-state index in [1.54, 1.807) is 18.4 Å². The Morgan fingerprint density at radius 1 is 1.27 bits per heavy atom. The number of nitrogens with one attached hydrogen (secondary N) is 1. The Morgan fingerprint density at radius 2 is 2.12 bits per heavy atom. The first-order valence-corrected chi connectivity index (χ1v) is 9.50. The van der Waals surface area contributed by atoms with Crippen molar-refractivity contribution in [2.75, 3.05) is 26.7 Å². The van der Waals surface area contributed by atoms with E-state index in [0.29, 0.717) is 6.04 Å². The summed E-state index contributed by atoms with van der Waals surface area (Å²) in [6, 6.07) is 15.3. The highest BCUT2D eigenvalue weighted by Crippen LogP contribution is 2.32. The predicted octanol–water partition coefficient (Wildman–Crippen LogP) is 4.18. The Morgan fingerprint density at radius 3 is 2.96 bits per heavy atom. The number of methoxy groups -OCH3 is 1. The lowest BCUT2D eigenvalue weighted by Crippen LogP contribution is -2.45. The Bertz CT molecular complexity index is 882. The van der Waals surface area contributed by atoms with Crippen LogP contribution in [0, 0.1) is 6.92 Å². The highest BCUT2D eigenvalue weighted by molar-refractivity contribution is 7.18. The first kappa shape index (κ1) is 19.1. The second-order valence-corrected chi connectivity index (χ2v) is 7.70. The summed E-state index contributed by atoms with van der Waals surface area (Å²) in [7, 11) is 1.75. The number of hydrogen-bond acceptors (Lipinski definition) is 5. The number of piperazine rings is 1. The molecular formula is C20H24ClN3OS. The number of fused-ring (bicyclic) bond motifs is 1. The number of aryl methyl sites for hydroxylation is 1. The number of halogens is 1. The number of ether oxygens (including phenoxy) is 1. The molecule has 2 aromatic carbocycles. The average molecular weight is 390 g/mol. The standard InChI is InChI=1S/C20H23N3OS.ClH/c1-14-22-17-8-7-15(11-20(17)25-14)13-23-10-9-21-12-18(23)16-5-3-4-6-19(16)24-2;/h3-8,11,18,21H,9-10,12-13H2,1-2H3;1H. The zero-order valence-corrected chi connectivity index (χ0v) is 16.7. The van der Waals surface area contributed by atoms with Crippen molar-refractivity contribution in [3.63, 3.8) is 0 Å². The van der Waals surface area contributed by atoms with E-state index in [1.165, 1.54) is 15.8 Å². The fourth-order valence-corrected chi connectivity index (χ4v) is 4.49. The van der Waals surface area contributed by atoms with Crippen molar-refractivity contribution in [1.29, 1.82) is 0 Å². The molecular weight excluding hydrogens is 366 g/mol. The molecule has 1 saturated heterocycles. The van der Waals surface area contributed by atoms with E-state index in [2.05, 4.69) is 52.5 Å². The largest absolute Gasteiger partial charge is 0.496 e. The van der Waals surface area contributed by atoms with Gasteiger partial charge in [-0.25, -0.2) is 4.98 Å². The lowest BCUT2D eigenvalue weighted by molar-refractivity contribution is 0.151. The van der Waals surface area contributed by atoms with Crippen molar-refractivity contribution in [2.45, 2.75) is 19.5 Å². The molecule has 4 rings (SSSR count). The van der Waals surface area contributed by atoms with Gasteiger partial charge in [-0.1, -0.05) is 24.3 Å². The van der Waals surface area contributed by atoms with Gasteiger partial charge in [0.25, 0.3) is 0 Å². The average Bonchev–Trinajstić information content (AvgIpc) is 3.01. The van der Waals surface area contributed by atoms with Crippen molar-refractivity contribution in [1.82, 2.24) is 15.2 Å². The summed E-state index contributed by atoms with van der Waals surface area (Å²) < 4.78 is 6.87. The molecule has 0 radical (unpaired) electrons. The van der Waals surface area contributed by atoms with Gasteiger partial charge in [0.15, 0.2) is 0 Å². The molecule has 0 aliphatic carbocycles. The minimum atomic E-state index is 0. The zero-order valence-electron chi connectivity index (χ0n) is 15.1. The number of hydrogen-bond donors (Lipinski definition) is 1. The van der Waals surface area contributed by atoms with Gasteiger partial charge in [-0.3, -0.25) is 4.90 Å². The topological polar surface area (TPSA) is 37.4 Å². The van der Waals surface area contributed by atoms with Crippen molar-refractivity contribution >= 4 is 34.0 Å². The van der Waals surface area contributed by atoms with Crippen LogP contribution < -0.4 is 10.1 Å². The number of para-hydroxylation sites is 1. The van der Waals surface area contributed by atoms with Crippen molar-refractivity contribution in [3.8, 4) is 5.75 Å². The SMILES string of the molecule is COc1ccccc1C1CNCCN1Cc1ccc2nc(C)sc2c1.Cl. The van der Waals surface area contributed by atoms with Gasteiger partial charge in [0, 0.05) is 31.7 Å². The maximum Gasteiger partial charge on any atom is 0.123 e. The summed E-state index contributed by atoms with van der Waals surface area (Å²) in [5.74, 6) is 0.967. The summed E-state index contributed by atoms with van der Waals surface area (Å²) in [6.45, 7) is 6.01. The molecule has 1 aromatic heterocycles. The molecule has 138 valence electrons. The maximum absolute atomic E-state index is 5.60. The minimum absolute atomic E-state index is 0. The molecule has 0 spiro atoms.